The summed E-state index contributed by atoms with van der Waals surface area (Å²) in [5, 5.41) is 11.4. The summed E-state index contributed by atoms with van der Waals surface area (Å²) in [6, 6.07) is 12.3. The third-order valence-electron chi connectivity index (χ3n) is 3.61. The summed E-state index contributed by atoms with van der Waals surface area (Å²) in [7, 11) is 0. The molecule has 0 fully saturated rings. The van der Waals surface area contributed by atoms with Gasteiger partial charge in [0.25, 0.3) is 0 Å². The second-order valence-corrected chi connectivity index (χ2v) is 6.38. The molecule has 0 radical (unpaired) electrons. The Bertz CT molecular complexity index is 910. The fourth-order valence-electron chi connectivity index (χ4n) is 2.28. The summed E-state index contributed by atoms with van der Waals surface area (Å²) in [5.74, 6) is -0.249. The van der Waals surface area contributed by atoms with Gasteiger partial charge in [-0.1, -0.05) is 35.9 Å². The van der Waals surface area contributed by atoms with Crippen molar-refractivity contribution in [1.29, 1.82) is 0 Å². The minimum absolute atomic E-state index is 0.249. The van der Waals surface area contributed by atoms with Crippen LogP contribution in [0.5, 0.6) is 0 Å². The number of aromatic nitrogens is 2. The molecule has 0 unspecified atom stereocenters. The lowest BCUT2D eigenvalue weighted by Gasteiger charge is -2.10. The van der Waals surface area contributed by atoms with Crippen LogP contribution < -0.4 is 10.6 Å². The zero-order chi connectivity index (χ0) is 17.8. The molecule has 1 aromatic heterocycles. The van der Waals surface area contributed by atoms with Gasteiger partial charge in [-0.3, -0.25) is 4.68 Å². The van der Waals surface area contributed by atoms with E-state index in [1.807, 2.05) is 25.1 Å². The van der Waals surface area contributed by atoms with Crippen LogP contribution in [0.2, 0.25) is 5.02 Å². The van der Waals surface area contributed by atoms with Crippen molar-refractivity contribution in [3.8, 4) is 0 Å². The van der Waals surface area contributed by atoms with E-state index in [0.717, 1.165) is 11.3 Å². The maximum Gasteiger partial charge on any atom is 0.175 e. The fraction of sp³-hybridized carbons (Fsp3) is 0.111. The largest absolute Gasteiger partial charge is 0.332 e. The van der Waals surface area contributed by atoms with E-state index in [1.165, 1.54) is 6.07 Å². The Balaban J connectivity index is 1.61. The quantitative estimate of drug-likeness (QED) is 0.641. The molecular weight excluding hydrogens is 359 g/mol. The second-order valence-electron chi connectivity index (χ2n) is 5.56. The van der Waals surface area contributed by atoms with Crippen LogP contribution in [-0.2, 0) is 6.54 Å². The van der Waals surface area contributed by atoms with E-state index in [-0.39, 0.29) is 5.82 Å². The maximum absolute atomic E-state index is 13.7. The van der Waals surface area contributed by atoms with Gasteiger partial charge in [0.1, 0.15) is 5.82 Å². The highest BCUT2D eigenvalue weighted by Gasteiger charge is 2.06. The summed E-state index contributed by atoms with van der Waals surface area (Å²) in [5.41, 5.74) is 3.09. The molecule has 0 aliphatic carbocycles. The summed E-state index contributed by atoms with van der Waals surface area (Å²) in [6.07, 6.45) is 3.40. The molecule has 0 aliphatic heterocycles. The van der Waals surface area contributed by atoms with E-state index < -0.39 is 0 Å². The number of rotatable bonds is 4. The number of nitrogens with one attached hydrogen (secondary N) is 2. The van der Waals surface area contributed by atoms with Gasteiger partial charge in [-0.05, 0) is 42.9 Å². The number of thiocarbonyl (C=S) groups is 1. The molecule has 0 atom stereocenters. The van der Waals surface area contributed by atoms with Gasteiger partial charge >= 0.3 is 0 Å². The summed E-state index contributed by atoms with van der Waals surface area (Å²) in [4.78, 5) is 0. The van der Waals surface area contributed by atoms with Gasteiger partial charge in [0.2, 0.25) is 0 Å². The molecule has 2 N–H and O–H groups in total. The highest BCUT2D eigenvalue weighted by atomic mass is 35.5. The molecule has 4 nitrogen and oxygen atoms in total. The van der Waals surface area contributed by atoms with Crippen LogP contribution in [-0.4, -0.2) is 14.9 Å². The smallest absolute Gasteiger partial charge is 0.175 e. The second kappa shape index (κ2) is 7.63. The Labute approximate surface area is 155 Å². The number of halogens is 2. The van der Waals surface area contributed by atoms with Crippen molar-refractivity contribution in [2.75, 3.05) is 10.6 Å². The SMILES string of the molecule is Cc1ccc(NC(=S)Nc2cnn(Cc3ccccc3F)c2)cc1Cl. The summed E-state index contributed by atoms with van der Waals surface area (Å²) >= 11 is 11.4. The molecule has 128 valence electrons. The molecule has 3 aromatic rings. The van der Waals surface area contributed by atoms with Crippen molar-refractivity contribution < 1.29 is 4.39 Å². The van der Waals surface area contributed by atoms with Gasteiger partial charge in [-0.25, -0.2) is 4.39 Å². The maximum atomic E-state index is 13.7. The molecule has 7 heteroatoms. The van der Waals surface area contributed by atoms with Gasteiger partial charge in [0.05, 0.1) is 18.4 Å². The monoisotopic (exact) mass is 374 g/mol. The minimum atomic E-state index is -0.249. The number of hydrogen-bond donors (Lipinski definition) is 2. The van der Waals surface area contributed by atoms with Crippen LogP contribution in [0.4, 0.5) is 15.8 Å². The van der Waals surface area contributed by atoms with Gasteiger partial charge in [-0.2, -0.15) is 5.10 Å². The van der Waals surface area contributed by atoms with Crippen molar-refractivity contribution in [3.63, 3.8) is 0 Å². The van der Waals surface area contributed by atoms with E-state index in [4.69, 9.17) is 23.8 Å². The first-order valence-electron chi connectivity index (χ1n) is 7.61. The zero-order valence-electron chi connectivity index (χ0n) is 13.5. The van der Waals surface area contributed by atoms with Gasteiger partial charge in [0, 0.05) is 22.5 Å². The van der Waals surface area contributed by atoms with E-state index in [9.17, 15) is 4.39 Å². The van der Waals surface area contributed by atoms with Crippen LogP contribution in [0.3, 0.4) is 0 Å². The molecule has 0 saturated carbocycles. The molecular formula is C18H16ClFN4S. The molecule has 0 bridgehead atoms. The normalized spacial score (nSPS) is 10.5. The van der Waals surface area contributed by atoms with Gasteiger partial charge in [-0.15, -0.1) is 0 Å². The van der Waals surface area contributed by atoms with Gasteiger partial charge < -0.3 is 10.6 Å². The molecule has 0 saturated heterocycles. The predicted molar refractivity (Wildman–Crippen MR) is 104 cm³/mol. The van der Waals surface area contributed by atoms with E-state index >= 15 is 0 Å². The fourth-order valence-corrected chi connectivity index (χ4v) is 2.70. The first-order chi connectivity index (χ1) is 12.0. The molecule has 1 heterocycles. The summed E-state index contributed by atoms with van der Waals surface area (Å²) in [6.45, 7) is 2.29. The third kappa shape index (κ3) is 4.55. The minimum Gasteiger partial charge on any atom is -0.332 e. The predicted octanol–water partition coefficient (Wildman–Crippen LogP) is 4.84. The number of hydrogen-bond acceptors (Lipinski definition) is 2. The number of anilines is 2. The average molecular weight is 375 g/mol. The Hall–Kier alpha value is -2.44. The van der Waals surface area contributed by atoms with Crippen LogP contribution in [0.25, 0.3) is 0 Å². The standard InChI is InChI=1S/C18H16ClFN4S/c1-12-6-7-14(8-16(12)19)22-18(25)23-15-9-21-24(11-15)10-13-4-2-3-5-17(13)20/h2-9,11H,10H2,1H3,(H2,22,23,25). The van der Waals surface area contributed by atoms with Crippen molar-refractivity contribution in [1.82, 2.24) is 9.78 Å². The van der Waals surface area contributed by atoms with E-state index in [2.05, 4.69) is 15.7 Å². The number of nitrogens with zero attached hydrogens (tertiary/aromatic N) is 2. The van der Waals surface area contributed by atoms with Crippen LogP contribution >= 0.6 is 23.8 Å². The highest BCUT2D eigenvalue weighted by molar-refractivity contribution is 7.80. The summed E-state index contributed by atoms with van der Waals surface area (Å²) < 4.78 is 15.3. The highest BCUT2D eigenvalue weighted by Crippen LogP contribution is 2.20. The zero-order valence-corrected chi connectivity index (χ0v) is 15.0. The van der Waals surface area contributed by atoms with Crippen molar-refractivity contribution >= 4 is 40.3 Å². The average Bonchev–Trinajstić information content (AvgIpc) is 3.00. The third-order valence-corrected chi connectivity index (χ3v) is 4.22. The van der Waals surface area contributed by atoms with E-state index in [1.54, 1.807) is 35.3 Å². The Kier molecular flexibility index (Phi) is 5.31. The van der Waals surface area contributed by atoms with Crippen molar-refractivity contribution in [2.45, 2.75) is 13.5 Å². The first kappa shape index (κ1) is 17.4. The lowest BCUT2D eigenvalue weighted by atomic mass is 10.2. The van der Waals surface area contributed by atoms with Crippen molar-refractivity contribution in [3.05, 3.63) is 76.8 Å². The van der Waals surface area contributed by atoms with Crippen LogP contribution in [0.1, 0.15) is 11.1 Å². The molecule has 0 spiro atoms. The Morgan fingerprint density at radius 2 is 1.96 bits per heavy atom. The Morgan fingerprint density at radius 1 is 1.20 bits per heavy atom. The topological polar surface area (TPSA) is 41.9 Å². The number of aryl methyl sites for hydroxylation is 1. The lowest BCUT2D eigenvalue weighted by Crippen LogP contribution is -2.18. The van der Waals surface area contributed by atoms with Crippen LogP contribution in [0.15, 0.2) is 54.9 Å². The van der Waals surface area contributed by atoms with Gasteiger partial charge in [0.15, 0.2) is 5.11 Å². The molecule has 3 rings (SSSR count). The molecule has 0 amide bonds. The number of benzene rings is 2. The first-order valence-corrected chi connectivity index (χ1v) is 8.40. The molecule has 0 aliphatic rings. The Morgan fingerprint density at radius 3 is 2.72 bits per heavy atom. The van der Waals surface area contributed by atoms with Crippen molar-refractivity contribution in [2.24, 2.45) is 0 Å². The lowest BCUT2D eigenvalue weighted by molar-refractivity contribution is 0.585. The molecule has 25 heavy (non-hydrogen) atoms. The molecule has 2 aromatic carbocycles. The van der Waals surface area contributed by atoms with E-state index in [0.29, 0.717) is 27.9 Å². The van der Waals surface area contributed by atoms with Crippen LogP contribution in [0, 0.1) is 12.7 Å².